The van der Waals surface area contributed by atoms with Gasteiger partial charge in [0, 0.05) is 0 Å². The van der Waals surface area contributed by atoms with E-state index in [9.17, 15) is 0 Å². The van der Waals surface area contributed by atoms with Crippen LogP contribution in [-0.2, 0) is 0 Å². The third-order valence-corrected chi connectivity index (χ3v) is 5.36. The van der Waals surface area contributed by atoms with E-state index in [2.05, 4.69) is 84.9 Å². The Morgan fingerprint density at radius 1 is 0.417 bits per heavy atom. The molecule has 0 fully saturated rings. The molecule has 5 aromatic rings. The summed E-state index contributed by atoms with van der Waals surface area (Å²) < 4.78 is 0. The topological polar surface area (TPSA) is 0 Å². The largest absolute Gasteiger partial charge is 0.0622 e. The van der Waals surface area contributed by atoms with Gasteiger partial charge in [-0.2, -0.15) is 0 Å². The molecule has 0 aliphatic heterocycles. The van der Waals surface area contributed by atoms with Crippen LogP contribution >= 0.6 is 0 Å². The van der Waals surface area contributed by atoms with E-state index in [1.165, 1.54) is 54.6 Å². The Balaban J connectivity index is 1.92. The lowest BCUT2D eigenvalue weighted by Gasteiger charge is -2.10. The number of hydrogen-bond acceptors (Lipinski definition) is 0. The van der Waals surface area contributed by atoms with Gasteiger partial charge in [0.2, 0.25) is 0 Å². The Bertz CT molecular complexity index is 1280. The molecule has 1 aliphatic rings. The first-order valence-corrected chi connectivity index (χ1v) is 8.39. The molecule has 0 heterocycles. The molecular weight excluding hydrogens is 288 g/mol. The first-order chi connectivity index (χ1) is 11.9. The predicted molar refractivity (Wildman–Crippen MR) is 103 cm³/mol. The average Bonchev–Trinajstić information content (AvgIpc) is 3.00. The van der Waals surface area contributed by atoms with Gasteiger partial charge in [-0.05, 0) is 60.6 Å². The van der Waals surface area contributed by atoms with Gasteiger partial charge in [0.25, 0.3) is 0 Å². The summed E-state index contributed by atoms with van der Waals surface area (Å²) >= 11 is 0. The van der Waals surface area contributed by atoms with Crippen molar-refractivity contribution in [2.24, 2.45) is 0 Å². The zero-order chi connectivity index (χ0) is 15.7. The van der Waals surface area contributed by atoms with Gasteiger partial charge in [-0.25, -0.2) is 0 Å². The standard InChI is InChI=1S/C24H14/c1-2-6-15(7-3-1)21-14-17-13-12-16-8-4-9-18-19-10-5-11-20(21)24(19)23(17)22(16)18/h1-14H. The van der Waals surface area contributed by atoms with Crippen molar-refractivity contribution in [3.63, 3.8) is 0 Å². The summed E-state index contributed by atoms with van der Waals surface area (Å²) in [7, 11) is 0. The molecule has 0 atom stereocenters. The van der Waals surface area contributed by atoms with Crippen molar-refractivity contribution in [3.05, 3.63) is 84.9 Å². The summed E-state index contributed by atoms with van der Waals surface area (Å²) in [5, 5.41) is 8.29. The Morgan fingerprint density at radius 3 is 2.04 bits per heavy atom. The lowest BCUT2D eigenvalue weighted by Crippen LogP contribution is -1.83. The minimum atomic E-state index is 1.28. The fourth-order valence-corrected chi connectivity index (χ4v) is 4.37. The Kier molecular flexibility index (Phi) is 2.18. The lowest BCUT2D eigenvalue weighted by atomic mass is 9.93. The maximum Gasteiger partial charge on any atom is -0.00139 e. The third-order valence-electron chi connectivity index (χ3n) is 5.36. The molecule has 0 radical (unpaired) electrons. The van der Waals surface area contributed by atoms with Crippen LogP contribution < -0.4 is 0 Å². The van der Waals surface area contributed by atoms with Crippen LogP contribution in [0.25, 0.3) is 54.6 Å². The van der Waals surface area contributed by atoms with Crippen molar-refractivity contribution >= 4 is 32.3 Å². The second kappa shape index (κ2) is 4.24. The van der Waals surface area contributed by atoms with E-state index in [4.69, 9.17) is 0 Å². The fraction of sp³-hybridized carbons (Fsp3) is 0. The summed E-state index contributed by atoms with van der Waals surface area (Å²) in [4.78, 5) is 0. The summed E-state index contributed by atoms with van der Waals surface area (Å²) in [6, 6.07) is 31.0. The molecule has 1 aliphatic carbocycles. The zero-order valence-electron chi connectivity index (χ0n) is 13.1. The van der Waals surface area contributed by atoms with Crippen LogP contribution in [0.1, 0.15) is 0 Å². The van der Waals surface area contributed by atoms with Crippen molar-refractivity contribution in [1.82, 2.24) is 0 Å². The second-order valence-corrected chi connectivity index (χ2v) is 6.59. The highest BCUT2D eigenvalue weighted by Gasteiger charge is 2.21. The molecule has 0 saturated heterocycles. The van der Waals surface area contributed by atoms with Crippen molar-refractivity contribution in [2.75, 3.05) is 0 Å². The average molecular weight is 302 g/mol. The first-order valence-electron chi connectivity index (χ1n) is 8.39. The van der Waals surface area contributed by atoms with Crippen LogP contribution in [0.2, 0.25) is 0 Å². The Hall–Kier alpha value is -3.12. The number of benzene rings is 5. The van der Waals surface area contributed by atoms with E-state index >= 15 is 0 Å². The third kappa shape index (κ3) is 1.39. The summed E-state index contributed by atoms with van der Waals surface area (Å²) in [6.45, 7) is 0. The van der Waals surface area contributed by atoms with E-state index in [0.717, 1.165) is 0 Å². The molecule has 0 spiro atoms. The molecule has 0 amide bonds. The van der Waals surface area contributed by atoms with Crippen LogP contribution in [0.4, 0.5) is 0 Å². The fourth-order valence-electron chi connectivity index (χ4n) is 4.37. The van der Waals surface area contributed by atoms with E-state index in [1.54, 1.807) is 0 Å². The van der Waals surface area contributed by atoms with E-state index in [-0.39, 0.29) is 0 Å². The highest BCUT2D eigenvalue weighted by Crippen LogP contribution is 2.49. The molecule has 24 heavy (non-hydrogen) atoms. The zero-order valence-corrected chi connectivity index (χ0v) is 13.1. The predicted octanol–water partition coefficient (Wildman–Crippen LogP) is 6.79. The quantitative estimate of drug-likeness (QED) is 0.293. The number of hydrogen-bond donors (Lipinski definition) is 0. The highest BCUT2D eigenvalue weighted by atomic mass is 14.2. The Morgan fingerprint density at radius 2 is 1.17 bits per heavy atom. The van der Waals surface area contributed by atoms with E-state index in [0.29, 0.717) is 0 Å². The van der Waals surface area contributed by atoms with Gasteiger partial charge in [0.05, 0.1) is 0 Å². The van der Waals surface area contributed by atoms with E-state index < -0.39 is 0 Å². The molecule has 110 valence electrons. The molecule has 0 bridgehead atoms. The molecule has 0 N–H and O–H groups in total. The molecule has 0 unspecified atom stereocenters. The monoisotopic (exact) mass is 302 g/mol. The second-order valence-electron chi connectivity index (χ2n) is 6.59. The number of fused-ring (bicyclic) bond motifs is 1. The van der Waals surface area contributed by atoms with Crippen LogP contribution in [0.15, 0.2) is 84.9 Å². The van der Waals surface area contributed by atoms with Gasteiger partial charge < -0.3 is 0 Å². The molecule has 0 heteroatoms. The molecule has 5 aromatic carbocycles. The molecule has 0 aromatic heterocycles. The van der Waals surface area contributed by atoms with Crippen LogP contribution in [0.3, 0.4) is 0 Å². The summed E-state index contributed by atoms with van der Waals surface area (Å²) in [6.07, 6.45) is 0. The Labute approximate surface area is 140 Å². The first kappa shape index (κ1) is 12.3. The maximum atomic E-state index is 2.36. The van der Waals surface area contributed by atoms with Crippen molar-refractivity contribution in [3.8, 4) is 22.3 Å². The molecule has 6 rings (SSSR count). The van der Waals surface area contributed by atoms with Crippen molar-refractivity contribution in [1.29, 1.82) is 0 Å². The van der Waals surface area contributed by atoms with Crippen LogP contribution in [0, 0.1) is 0 Å². The van der Waals surface area contributed by atoms with Crippen molar-refractivity contribution < 1.29 is 0 Å². The maximum absolute atomic E-state index is 2.36. The lowest BCUT2D eigenvalue weighted by molar-refractivity contribution is 1.67. The van der Waals surface area contributed by atoms with E-state index in [1.807, 2.05) is 0 Å². The highest BCUT2D eigenvalue weighted by molar-refractivity contribution is 6.34. The summed E-state index contributed by atoms with van der Waals surface area (Å²) in [5.41, 5.74) is 5.37. The minimum absolute atomic E-state index is 1.28. The SMILES string of the molecule is c1ccc(-c2cc3ccc4cccc5c4c3c3c-5cccc23)cc1. The smallest absolute Gasteiger partial charge is 0.00139 e. The molecule has 0 saturated carbocycles. The van der Waals surface area contributed by atoms with Gasteiger partial charge in [0.1, 0.15) is 0 Å². The normalized spacial score (nSPS) is 12.2. The van der Waals surface area contributed by atoms with Crippen molar-refractivity contribution in [2.45, 2.75) is 0 Å². The minimum Gasteiger partial charge on any atom is -0.0622 e. The number of rotatable bonds is 1. The summed E-state index contributed by atoms with van der Waals surface area (Å²) in [5.74, 6) is 0. The van der Waals surface area contributed by atoms with Gasteiger partial charge in [-0.1, -0.05) is 78.9 Å². The van der Waals surface area contributed by atoms with Crippen LogP contribution in [0.5, 0.6) is 0 Å². The van der Waals surface area contributed by atoms with Gasteiger partial charge in [-0.15, -0.1) is 0 Å². The van der Waals surface area contributed by atoms with Gasteiger partial charge in [-0.3, -0.25) is 0 Å². The van der Waals surface area contributed by atoms with Crippen LogP contribution in [-0.4, -0.2) is 0 Å². The van der Waals surface area contributed by atoms with Gasteiger partial charge >= 0.3 is 0 Å². The van der Waals surface area contributed by atoms with Gasteiger partial charge in [0.15, 0.2) is 0 Å². The molecule has 0 nitrogen and oxygen atoms in total. The molecular formula is C24H14.